The van der Waals surface area contributed by atoms with E-state index >= 15 is 0 Å². The maximum absolute atomic E-state index is 12.5. The van der Waals surface area contributed by atoms with E-state index < -0.39 is 0 Å². The van der Waals surface area contributed by atoms with E-state index in [0.29, 0.717) is 37.1 Å². The van der Waals surface area contributed by atoms with Gasteiger partial charge in [0.25, 0.3) is 11.5 Å². The Morgan fingerprint density at radius 1 is 1.07 bits per heavy atom. The number of rotatable bonds is 6. The van der Waals surface area contributed by atoms with Crippen LogP contribution in [0.15, 0.2) is 52.9 Å². The molecule has 3 aromatic rings. The second-order valence-electron chi connectivity index (χ2n) is 7.16. The number of benzene rings is 1. The number of hydrogen-bond donors (Lipinski definition) is 1. The van der Waals surface area contributed by atoms with E-state index in [-0.39, 0.29) is 23.9 Å². The predicted molar refractivity (Wildman–Crippen MR) is 116 cm³/mol. The van der Waals surface area contributed by atoms with Gasteiger partial charge >= 0.3 is 0 Å². The van der Waals surface area contributed by atoms with E-state index in [4.69, 9.17) is 0 Å². The molecule has 0 spiro atoms. The highest BCUT2D eigenvalue weighted by molar-refractivity contribution is 7.12. The Bertz CT molecular complexity index is 1090. The molecule has 30 heavy (non-hydrogen) atoms. The van der Waals surface area contributed by atoms with E-state index in [1.54, 1.807) is 18.2 Å². The number of carbonyl (C=O) groups is 2. The fourth-order valence-electron chi connectivity index (χ4n) is 3.51. The molecule has 1 aromatic carbocycles. The lowest BCUT2D eigenvalue weighted by Crippen LogP contribution is -2.50. The van der Waals surface area contributed by atoms with Crippen LogP contribution >= 0.6 is 11.3 Å². The molecule has 1 aliphatic rings. The maximum atomic E-state index is 12.5. The average Bonchev–Trinajstić information content (AvgIpc) is 3.31. The molecule has 9 heteroatoms. The number of para-hydroxylation sites is 1. The molecule has 1 saturated heterocycles. The number of amides is 2. The zero-order valence-electron chi connectivity index (χ0n) is 16.5. The number of fused-ring (bicyclic) bond motifs is 1. The smallest absolute Gasteiger partial charge is 0.264 e. The highest BCUT2D eigenvalue weighted by atomic mass is 32.1. The van der Waals surface area contributed by atoms with E-state index in [9.17, 15) is 14.4 Å². The monoisotopic (exact) mass is 425 g/mol. The first-order valence-corrected chi connectivity index (χ1v) is 10.8. The van der Waals surface area contributed by atoms with Crippen LogP contribution in [0.2, 0.25) is 0 Å². The molecule has 0 unspecified atom stereocenters. The van der Waals surface area contributed by atoms with Crippen LogP contribution in [-0.2, 0) is 11.3 Å². The van der Waals surface area contributed by atoms with Crippen LogP contribution < -0.4 is 10.9 Å². The SMILES string of the molecule is O=C(Cn1cnc2ccccc2c1=O)NCCN1CCN(C(=O)c2cccs2)CC1. The van der Waals surface area contributed by atoms with Gasteiger partial charge < -0.3 is 10.2 Å². The van der Waals surface area contributed by atoms with Crippen LogP contribution in [0, 0.1) is 0 Å². The third-order valence-electron chi connectivity index (χ3n) is 5.19. The molecule has 8 nitrogen and oxygen atoms in total. The molecule has 2 amide bonds. The molecule has 156 valence electrons. The Kier molecular flexibility index (Phi) is 6.20. The number of nitrogens with one attached hydrogen (secondary N) is 1. The summed E-state index contributed by atoms with van der Waals surface area (Å²) < 4.78 is 1.33. The van der Waals surface area contributed by atoms with Crippen molar-refractivity contribution >= 4 is 34.1 Å². The van der Waals surface area contributed by atoms with Crippen molar-refractivity contribution in [2.75, 3.05) is 39.3 Å². The Morgan fingerprint density at radius 2 is 1.87 bits per heavy atom. The van der Waals surface area contributed by atoms with Crippen molar-refractivity contribution in [3.05, 3.63) is 63.3 Å². The van der Waals surface area contributed by atoms with Crippen LogP contribution in [0.25, 0.3) is 10.9 Å². The summed E-state index contributed by atoms with van der Waals surface area (Å²) in [6.07, 6.45) is 1.41. The molecule has 2 aromatic heterocycles. The van der Waals surface area contributed by atoms with Gasteiger partial charge in [0.15, 0.2) is 0 Å². The molecule has 0 saturated carbocycles. The van der Waals surface area contributed by atoms with Gasteiger partial charge in [-0.15, -0.1) is 11.3 Å². The van der Waals surface area contributed by atoms with Crippen molar-refractivity contribution in [3.8, 4) is 0 Å². The number of nitrogens with zero attached hydrogens (tertiary/aromatic N) is 4. The van der Waals surface area contributed by atoms with Crippen LogP contribution in [0.1, 0.15) is 9.67 Å². The molecule has 1 fully saturated rings. The summed E-state index contributed by atoms with van der Waals surface area (Å²) in [5.41, 5.74) is 0.401. The Hall–Kier alpha value is -3.04. The largest absolute Gasteiger partial charge is 0.353 e. The summed E-state index contributed by atoms with van der Waals surface area (Å²) in [7, 11) is 0. The summed E-state index contributed by atoms with van der Waals surface area (Å²) in [6, 6.07) is 10.8. The van der Waals surface area contributed by atoms with Crippen molar-refractivity contribution in [2.45, 2.75) is 6.54 Å². The fourth-order valence-corrected chi connectivity index (χ4v) is 4.20. The van der Waals surface area contributed by atoms with Crippen molar-refractivity contribution in [1.29, 1.82) is 0 Å². The molecule has 1 aliphatic heterocycles. The highest BCUT2D eigenvalue weighted by Gasteiger charge is 2.22. The van der Waals surface area contributed by atoms with Gasteiger partial charge in [0, 0.05) is 39.3 Å². The zero-order chi connectivity index (χ0) is 20.9. The quantitative estimate of drug-likeness (QED) is 0.638. The minimum Gasteiger partial charge on any atom is -0.353 e. The molecular weight excluding hydrogens is 402 g/mol. The second-order valence-corrected chi connectivity index (χ2v) is 8.10. The lowest BCUT2D eigenvalue weighted by atomic mass is 10.2. The zero-order valence-corrected chi connectivity index (χ0v) is 17.3. The maximum Gasteiger partial charge on any atom is 0.264 e. The van der Waals surface area contributed by atoms with Gasteiger partial charge in [-0.2, -0.15) is 0 Å². The van der Waals surface area contributed by atoms with Gasteiger partial charge in [0.2, 0.25) is 5.91 Å². The molecule has 0 aliphatic carbocycles. The van der Waals surface area contributed by atoms with Crippen LogP contribution in [0.5, 0.6) is 0 Å². The number of piperazine rings is 1. The van der Waals surface area contributed by atoms with Crippen LogP contribution in [-0.4, -0.2) is 70.4 Å². The lowest BCUT2D eigenvalue weighted by molar-refractivity contribution is -0.121. The molecule has 4 rings (SSSR count). The van der Waals surface area contributed by atoms with E-state index in [1.807, 2.05) is 28.5 Å². The van der Waals surface area contributed by atoms with Gasteiger partial charge in [-0.1, -0.05) is 18.2 Å². The Labute approximate surface area is 177 Å². The first kappa shape index (κ1) is 20.2. The molecule has 0 bridgehead atoms. The Morgan fingerprint density at radius 3 is 2.63 bits per heavy atom. The minimum absolute atomic E-state index is 0.0558. The van der Waals surface area contributed by atoms with E-state index in [0.717, 1.165) is 18.0 Å². The number of aromatic nitrogens is 2. The van der Waals surface area contributed by atoms with Crippen molar-refractivity contribution in [2.24, 2.45) is 0 Å². The summed E-state index contributed by atoms with van der Waals surface area (Å²) in [6.45, 7) is 4.07. The highest BCUT2D eigenvalue weighted by Crippen LogP contribution is 2.13. The third-order valence-corrected chi connectivity index (χ3v) is 6.04. The number of hydrogen-bond acceptors (Lipinski definition) is 6. The topological polar surface area (TPSA) is 87.5 Å². The van der Waals surface area contributed by atoms with Crippen LogP contribution in [0.3, 0.4) is 0 Å². The molecule has 3 heterocycles. The van der Waals surface area contributed by atoms with Gasteiger partial charge in [-0.25, -0.2) is 4.98 Å². The predicted octanol–water partition coefficient (Wildman–Crippen LogP) is 1.03. The van der Waals surface area contributed by atoms with E-state index in [2.05, 4.69) is 15.2 Å². The summed E-state index contributed by atoms with van der Waals surface area (Å²) in [5.74, 6) is -0.131. The summed E-state index contributed by atoms with van der Waals surface area (Å²) in [5, 5.41) is 5.28. The molecule has 1 N–H and O–H groups in total. The fraction of sp³-hybridized carbons (Fsp3) is 0.333. The molecule has 0 radical (unpaired) electrons. The van der Waals surface area contributed by atoms with Crippen molar-refractivity contribution in [3.63, 3.8) is 0 Å². The second kappa shape index (κ2) is 9.19. The first-order chi connectivity index (χ1) is 14.6. The van der Waals surface area contributed by atoms with Crippen molar-refractivity contribution in [1.82, 2.24) is 24.7 Å². The number of thiophene rings is 1. The third kappa shape index (κ3) is 4.58. The lowest BCUT2D eigenvalue weighted by Gasteiger charge is -2.34. The van der Waals surface area contributed by atoms with Gasteiger partial charge in [-0.05, 0) is 23.6 Å². The summed E-state index contributed by atoms with van der Waals surface area (Å²) >= 11 is 1.46. The van der Waals surface area contributed by atoms with Crippen molar-refractivity contribution < 1.29 is 9.59 Å². The molecular formula is C21H23N5O3S. The van der Waals surface area contributed by atoms with E-state index in [1.165, 1.54) is 22.2 Å². The van der Waals surface area contributed by atoms with Crippen LogP contribution in [0.4, 0.5) is 0 Å². The van der Waals surface area contributed by atoms with Gasteiger partial charge in [0.05, 0.1) is 22.1 Å². The molecule has 0 atom stereocenters. The number of carbonyl (C=O) groups excluding carboxylic acids is 2. The first-order valence-electron chi connectivity index (χ1n) is 9.88. The van der Waals surface area contributed by atoms with Gasteiger partial charge in [-0.3, -0.25) is 23.9 Å². The van der Waals surface area contributed by atoms with Gasteiger partial charge in [0.1, 0.15) is 6.54 Å². The normalized spacial score (nSPS) is 14.7. The Balaban J connectivity index is 1.22. The standard InChI is InChI=1S/C21H23N5O3S/c27-19(14-26-15-23-17-5-2-1-4-16(17)20(26)28)22-7-8-24-9-11-25(12-10-24)21(29)18-6-3-13-30-18/h1-6,13,15H,7-12,14H2,(H,22,27). The minimum atomic E-state index is -0.222. The average molecular weight is 426 g/mol. The summed E-state index contributed by atoms with van der Waals surface area (Å²) in [4.78, 5) is 46.2.